The number of carbonyl (C=O) groups is 3. The fraction of sp³-hybridized carbons (Fsp3) is 0.950. The predicted molar refractivity (Wildman–Crippen MR) is 284 cm³/mol. The van der Waals surface area contributed by atoms with E-state index in [-0.39, 0.29) is 31.1 Å². The summed E-state index contributed by atoms with van der Waals surface area (Å²) >= 11 is 0. The van der Waals surface area contributed by atoms with Gasteiger partial charge < -0.3 is 14.2 Å². The summed E-state index contributed by atoms with van der Waals surface area (Å²) in [5.74, 6) is -0.00644. The second-order valence-electron chi connectivity index (χ2n) is 21.1. The Kier molecular flexibility index (Phi) is 53.0. The Balaban J connectivity index is 4.29. The van der Waals surface area contributed by atoms with Gasteiger partial charge in [0.1, 0.15) is 13.2 Å². The van der Waals surface area contributed by atoms with Gasteiger partial charge in [0, 0.05) is 19.3 Å². The fourth-order valence-corrected chi connectivity index (χ4v) is 9.28. The van der Waals surface area contributed by atoms with Crippen molar-refractivity contribution in [3.63, 3.8) is 0 Å². The minimum absolute atomic E-state index is 0.0617. The smallest absolute Gasteiger partial charge is 0.306 e. The molecule has 0 bridgehead atoms. The zero-order chi connectivity index (χ0) is 48.1. The number of carbonyl (C=O) groups excluding carboxylic acids is 3. The molecule has 0 radical (unpaired) electrons. The molecule has 0 aromatic rings. The van der Waals surface area contributed by atoms with E-state index in [1.807, 2.05) is 0 Å². The fourth-order valence-electron chi connectivity index (χ4n) is 9.28. The molecular weight excluding hydrogens is 817 g/mol. The molecule has 0 aliphatic rings. The molecule has 6 heteroatoms. The third kappa shape index (κ3) is 53.4. The summed E-state index contributed by atoms with van der Waals surface area (Å²) in [5.41, 5.74) is 0. The topological polar surface area (TPSA) is 78.9 Å². The van der Waals surface area contributed by atoms with E-state index in [1.54, 1.807) is 0 Å². The van der Waals surface area contributed by atoms with Gasteiger partial charge in [-0.1, -0.05) is 304 Å². The van der Waals surface area contributed by atoms with Crippen LogP contribution in [-0.2, 0) is 28.6 Å². The molecule has 0 rings (SSSR count). The van der Waals surface area contributed by atoms with E-state index in [0.717, 1.165) is 63.7 Å². The summed E-state index contributed by atoms with van der Waals surface area (Å²) in [7, 11) is 0. The first kappa shape index (κ1) is 64.4. The Morgan fingerprint density at radius 2 is 0.500 bits per heavy atom. The van der Waals surface area contributed by atoms with Crippen LogP contribution in [0.4, 0.5) is 0 Å². The van der Waals surface area contributed by atoms with E-state index < -0.39 is 6.10 Å². The van der Waals surface area contributed by atoms with E-state index in [4.69, 9.17) is 14.2 Å². The SMILES string of the molecule is CCCCCCCCCCCCCCCCCCCCC(=O)O[C@@H](COC(=O)CCCCCCCCCCCCCCCCCC)COC(=O)CCCCCCCCCCCCCC(C)C. The summed E-state index contributed by atoms with van der Waals surface area (Å²) in [6.45, 7) is 9.06. The molecular formula is C60H116O6. The Labute approximate surface area is 412 Å². The van der Waals surface area contributed by atoms with E-state index in [2.05, 4.69) is 27.7 Å². The molecule has 0 fully saturated rings. The molecule has 0 saturated heterocycles. The zero-order valence-corrected chi connectivity index (χ0v) is 45.2. The van der Waals surface area contributed by atoms with Crippen LogP contribution in [0.25, 0.3) is 0 Å². The van der Waals surface area contributed by atoms with Gasteiger partial charge in [0.25, 0.3) is 0 Å². The minimum Gasteiger partial charge on any atom is -0.462 e. The monoisotopic (exact) mass is 933 g/mol. The maximum absolute atomic E-state index is 12.9. The second kappa shape index (κ2) is 54.4. The van der Waals surface area contributed by atoms with Crippen LogP contribution in [0, 0.1) is 5.92 Å². The van der Waals surface area contributed by atoms with Crippen molar-refractivity contribution < 1.29 is 28.6 Å². The normalized spacial score (nSPS) is 12.0. The summed E-state index contributed by atoms with van der Waals surface area (Å²) in [6.07, 6.45) is 59.5. The second-order valence-corrected chi connectivity index (χ2v) is 21.1. The van der Waals surface area contributed by atoms with E-state index in [9.17, 15) is 14.4 Å². The largest absolute Gasteiger partial charge is 0.462 e. The van der Waals surface area contributed by atoms with E-state index in [1.165, 1.54) is 238 Å². The Bertz CT molecular complexity index is 996. The third-order valence-corrected chi connectivity index (χ3v) is 13.8. The molecule has 0 N–H and O–H groups in total. The number of hydrogen-bond donors (Lipinski definition) is 0. The summed E-state index contributed by atoms with van der Waals surface area (Å²) in [4.78, 5) is 38.2. The highest BCUT2D eigenvalue weighted by molar-refractivity contribution is 5.71. The first-order chi connectivity index (χ1) is 32.4. The number of rotatable bonds is 55. The lowest BCUT2D eigenvalue weighted by Gasteiger charge is -2.18. The molecule has 0 amide bonds. The van der Waals surface area contributed by atoms with Gasteiger partial charge in [-0.3, -0.25) is 14.4 Å². The average Bonchev–Trinajstić information content (AvgIpc) is 3.30. The van der Waals surface area contributed by atoms with Crippen molar-refractivity contribution in [2.24, 2.45) is 5.92 Å². The molecule has 6 nitrogen and oxygen atoms in total. The molecule has 0 saturated carbocycles. The van der Waals surface area contributed by atoms with Crippen molar-refractivity contribution in [2.75, 3.05) is 13.2 Å². The Morgan fingerprint density at radius 3 is 0.742 bits per heavy atom. The predicted octanol–water partition coefficient (Wildman–Crippen LogP) is 19.8. The summed E-state index contributed by atoms with van der Waals surface area (Å²) < 4.78 is 16.9. The van der Waals surface area contributed by atoms with Gasteiger partial charge in [-0.15, -0.1) is 0 Å². The van der Waals surface area contributed by atoms with Gasteiger partial charge in [-0.2, -0.15) is 0 Å². The Morgan fingerprint density at radius 1 is 0.288 bits per heavy atom. The summed E-state index contributed by atoms with van der Waals surface area (Å²) in [5, 5.41) is 0. The van der Waals surface area contributed by atoms with Crippen molar-refractivity contribution in [3.05, 3.63) is 0 Å². The number of hydrogen-bond acceptors (Lipinski definition) is 6. The molecule has 66 heavy (non-hydrogen) atoms. The van der Waals surface area contributed by atoms with Gasteiger partial charge in [-0.25, -0.2) is 0 Å². The van der Waals surface area contributed by atoms with Crippen molar-refractivity contribution in [3.8, 4) is 0 Å². The van der Waals surface area contributed by atoms with E-state index >= 15 is 0 Å². The van der Waals surface area contributed by atoms with Crippen LogP contribution in [0.15, 0.2) is 0 Å². The molecule has 1 atom stereocenters. The lowest BCUT2D eigenvalue weighted by Crippen LogP contribution is -2.30. The summed E-state index contributed by atoms with van der Waals surface area (Å²) in [6, 6.07) is 0. The van der Waals surface area contributed by atoms with Crippen LogP contribution in [0.5, 0.6) is 0 Å². The van der Waals surface area contributed by atoms with Gasteiger partial charge in [0.15, 0.2) is 6.10 Å². The van der Waals surface area contributed by atoms with Crippen LogP contribution in [-0.4, -0.2) is 37.2 Å². The molecule has 0 aromatic carbocycles. The molecule has 0 unspecified atom stereocenters. The van der Waals surface area contributed by atoms with Crippen LogP contribution < -0.4 is 0 Å². The molecule has 0 aromatic heterocycles. The lowest BCUT2D eigenvalue weighted by atomic mass is 10.0. The molecule has 392 valence electrons. The highest BCUT2D eigenvalue weighted by Crippen LogP contribution is 2.18. The van der Waals surface area contributed by atoms with Gasteiger partial charge in [0.05, 0.1) is 0 Å². The molecule has 0 aliphatic heterocycles. The highest BCUT2D eigenvalue weighted by Gasteiger charge is 2.19. The van der Waals surface area contributed by atoms with Crippen molar-refractivity contribution in [2.45, 2.75) is 348 Å². The maximum atomic E-state index is 12.9. The van der Waals surface area contributed by atoms with Gasteiger partial charge in [-0.05, 0) is 25.2 Å². The molecule has 0 aliphatic carbocycles. The highest BCUT2D eigenvalue weighted by atomic mass is 16.6. The first-order valence-corrected chi connectivity index (χ1v) is 29.9. The average molecular weight is 934 g/mol. The van der Waals surface area contributed by atoms with Crippen LogP contribution in [0.2, 0.25) is 0 Å². The number of esters is 3. The van der Waals surface area contributed by atoms with Gasteiger partial charge in [0.2, 0.25) is 0 Å². The number of unbranched alkanes of at least 4 members (excludes halogenated alkanes) is 42. The Hall–Kier alpha value is -1.59. The molecule has 0 heterocycles. The van der Waals surface area contributed by atoms with Crippen molar-refractivity contribution in [1.82, 2.24) is 0 Å². The lowest BCUT2D eigenvalue weighted by molar-refractivity contribution is -0.167. The van der Waals surface area contributed by atoms with Crippen LogP contribution in [0.3, 0.4) is 0 Å². The third-order valence-electron chi connectivity index (χ3n) is 13.8. The van der Waals surface area contributed by atoms with Crippen LogP contribution >= 0.6 is 0 Å². The molecule has 0 spiro atoms. The van der Waals surface area contributed by atoms with Gasteiger partial charge >= 0.3 is 17.9 Å². The maximum Gasteiger partial charge on any atom is 0.306 e. The zero-order valence-electron chi connectivity index (χ0n) is 45.2. The van der Waals surface area contributed by atoms with Crippen LogP contribution in [0.1, 0.15) is 342 Å². The van der Waals surface area contributed by atoms with Crippen molar-refractivity contribution >= 4 is 17.9 Å². The van der Waals surface area contributed by atoms with E-state index in [0.29, 0.717) is 19.3 Å². The quantitative estimate of drug-likeness (QED) is 0.0343. The van der Waals surface area contributed by atoms with Crippen molar-refractivity contribution in [1.29, 1.82) is 0 Å². The minimum atomic E-state index is -0.762. The standard InChI is InChI=1S/C60H116O6/c1-5-7-9-11-13-15-17-19-21-23-24-26-28-32-37-41-45-49-53-60(63)66-57(55-65-59(62)52-48-44-40-36-33-29-30-34-38-42-46-50-56(3)4)54-64-58(61)51-47-43-39-35-31-27-25-22-20-18-16-14-12-10-8-6-2/h56-57H,5-55H2,1-4H3/t57-/m0/s1. The number of ether oxygens (including phenoxy) is 3. The first-order valence-electron chi connectivity index (χ1n) is 29.9.